The van der Waals surface area contributed by atoms with Crippen LogP contribution in [0.15, 0.2) is 54.7 Å². The van der Waals surface area contributed by atoms with Gasteiger partial charge in [-0.1, -0.05) is 6.07 Å². The molecule has 2 aromatic carbocycles. The van der Waals surface area contributed by atoms with Gasteiger partial charge in [0.15, 0.2) is 0 Å². The summed E-state index contributed by atoms with van der Waals surface area (Å²) in [5, 5.41) is 22.3. The molecule has 51 heavy (non-hydrogen) atoms. The Hall–Kier alpha value is -5.50. The summed E-state index contributed by atoms with van der Waals surface area (Å²) >= 11 is 0. The molecule has 1 unspecified atom stereocenters. The molecule has 0 radical (unpaired) electrons. The third kappa shape index (κ3) is 5.82. The minimum Gasteiger partial charge on any atom is -0.371 e. The number of anilines is 2. The predicted molar refractivity (Wildman–Crippen MR) is 187 cm³/mol. The van der Waals surface area contributed by atoms with E-state index >= 15 is 0 Å². The number of non-ortho nitro benzene ring substituents is 1. The van der Waals surface area contributed by atoms with Crippen molar-refractivity contribution < 1.29 is 24.1 Å². The molecule has 6 heterocycles. The second-order valence-electron chi connectivity index (χ2n) is 14.7. The average molecular weight is 691 g/mol. The van der Waals surface area contributed by atoms with Gasteiger partial charge in [-0.3, -0.25) is 44.9 Å². The number of carbonyl (C=O) groups is 4. The van der Waals surface area contributed by atoms with Crippen molar-refractivity contribution in [1.82, 2.24) is 20.1 Å². The lowest BCUT2D eigenvalue weighted by atomic mass is 9.72. The number of carbonyl (C=O) groups excluding carboxylic acids is 4. The summed E-state index contributed by atoms with van der Waals surface area (Å²) in [5.74, 6) is -0.594. The number of hydrogen-bond acceptors (Lipinski definition) is 11. The van der Waals surface area contributed by atoms with Gasteiger partial charge in [-0.15, -0.1) is 0 Å². The molecule has 3 aromatic rings. The molecule has 8 rings (SSSR count). The summed E-state index contributed by atoms with van der Waals surface area (Å²) in [4.78, 5) is 73.8. The van der Waals surface area contributed by atoms with Gasteiger partial charge in [-0.05, 0) is 68.0 Å². The number of amides is 4. The van der Waals surface area contributed by atoms with Gasteiger partial charge in [0.25, 0.3) is 17.5 Å². The van der Waals surface area contributed by atoms with E-state index in [4.69, 9.17) is 5.41 Å². The number of nitrogens with zero attached hydrogens (tertiary/aromatic N) is 6. The van der Waals surface area contributed by atoms with Crippen LogP contribution in [-0.2, 0) is 9.59 Å². The van der Waals surface area contributed by atoms with Crippen LogP contribution in [0.5, 0.6) is 0 Å². The van der Waals surface area contributed by atoms with Crippen LogP contribution in [0.25, 0.3) is 0 Å². The van der Waals surface area contributed by atoms with Gasteiger partial charge in [0.2, 0.25) is 11.8 Å². The van der Waals surface area contributed by atoms with Crippen molar-refractivity contribution in [2.24, 2.45) is 11.3 Å². The highest BCUT2D eigenvalue weighted by Gasteiger charge is 2.52. The lowest BCUT2D eigenvalue weighted by molar-refractivity contribution is -0.384. The fourth-order valence-corrected chi connectivity index (χ4v) is 8.45. The van der Waals surface area contributed by atoms with E-state index < -0.39 is 34.6 Å². The van der Waals surface area contributed by atoms with Crippen LogP contribution >= 0.6 is 0 Å². The second-order valence-corrected chi connectivity index (χ2v) is 14.7. The van der Waals surface area contributed by atoms with Crippen LogP contribution < -0.4 is 15.1 Å². The molecule has 4 fully saturated rings. The van der Waals surface area contributed by atoms with Crippen molar-refractivity contribution in [3.63, 3.8) is 0 Å². The van der Waals surface area contributed by atoms with Gasteiger partial charge >= 0.3 is 0 Å². The quantitative estimate of drug-likeness (QED) is 0.155. The zero-order valence-electron chi connectivity index (χ0n) is 28.3. The molecule has 4 amide bonds. The van der Waals surface area contributed by atoms with Crippen LogP contribution in [0.4, 0.5) is 17.2 Å². The molecule has 5 aliphatic heterocycles. The SMILES string of the molecule is Cc1ccc([N+](=O)[O-])cc1C(=N)c1ccnc(N2CC3(CN(CC4CCN(c5ccc6c(c5)C(=O)N(C5CCC(=O)NC5=O)C6=O)CC4)C3)C2)c1. The van der Waals surface area contributed by atoms with Crippen molar-refractivity contribution in [3.05, 3.63) is 92.7 Å². The van der Waals surface area contributed by atoms with E-state index in [1.54, 1.807) is 30.5 Å². The van der Waals surface area contributed by atoms with Crippen molar-refractivity contribution in [3.8, 4) is 0 Å². The van der Waals surface area contributed by atoms with Crippen LogP contribution in [0.3, 0.4) is 0 Å². The first-order valence-electron chi connectivity index (χ1n) is 17.4. The van der Waals surface area contributed by atoms with Gasteiger partial charge in [0, 0.05) is 92.8 Å². The number of piperidine rings is 2. The zero-order valence-corrected chi connectivity index (χ0v) is 28.3. The van der Waals surface area contributed by atoms with Gasteiger partial charge in [-0.2, -0.15) is 0 Å². The summed E-state index contributed by atoms with van der Waals surface area (Å²) < 4.78 is 0. The number of nitrogens with one attached hydrogen (secondary N) is 2. The lowest BCUT2D eigenvalue weighted by Crippen LogP contribution is -2.72. The number of hydrogen-bond donors (Lipinski definition) is 2. The van der Waals surface area contributed by atoms with Crippen LogP contribution in [0, 0.1) is 33.8 Å². The van der Waals surface area contributed by atoms with Crippen molar-refractivity contribution in [1.29, 1.82) is 5.41 Å². The summed E-state index contributed by atoms with van der Waals surface area (Å²) in [6.45, 7) is 8.48. The maximum absolute atomic E-state index is 13.3. The van der Waals surface area contributed by atoms with Crippen molar-refractivity contribution >= 4 is 46.5 Å². The smallest absolute Gasteiger partial charge is 0.270 e. The number of nitro benzene ring substituents is 1. The Bertz CT molecular complexity index is 2010. The molecule has 0 bridgehead atoms. The summed E-state index contributed by atoms with van der Waals surface area (Å²) in [6, 6.07) is 12.6. The highest BCUT2D eigenvalue weighted by Crippen LogP contribution is 2.42. The number of likely N-dealkylation sites (tertiary alicyclic amines) is 1. The van der Waals surface area contributed by atoms with E-state index in [1.807, 2.05) is 19.1 Å². The molecule has 1 aromatic heterocycles. The number of fused-ring (bicyclic) bond motifs is 1. The summed E-state index contributed by atoms with van der Waals surface area (Å²) in [6.07, 6.45) is 3.97. The fraction of sp³-hybridized carbons (Fsp3) is 0.405. The van der Waals surface area contributed by atoms with Gasteiger partial charge in [0.05, 0.1) is 21.8 Å². The van der Waals surface area contributed by atoms with E-state index in [0.717, 1.165) is 80.6 Å². The highest BCUT2D eigenvalue weighted by atomic mass is 16.6. The number of imide groups is 2. The molecule has 4 saturated heterocycles. The third-order valence-corrected chi connectivity index (χ3v) is 11.1. The topological polar surface area (TPSA) is 173 Å². The number of benzene rings is 2. The lowest BCUT2D eigenvalue weighted by Gasteiger charge is -2.61. The Balaban J connectivity index is 0.818. The number of aryl methyl sites for hydroxylation is 1. The second kappa shape index (κ2) is 12.4. The Morgan fingerprint density at radius 1 is 0.941 bits per heavy atom. The first kappa shape index (κ1) is 32.7. The van der Waals surface area contributed by atoms with Gasteiger partial charge in [-0.25, -0.2) is 4.98 Å². The van der Waals surface area contributed by atoms with E-state index in [2.05, 4.69) is 25.0 Å². The number of rotatable bonds is 8. The van der Waals surface area contributed by atoms with Crippen LogP contribution in [0.1, 0.15) is 63.1 Å². The van der Waals surface area contributed by atoms with Crippen molar-refractivity contribution in [2.75, 3.05) is 55.6 Å². The Morgan fingerprint density at radius 2 is 1.69 bits per heavy atom. The molecule has 262 valence electrons. The molecule has 1 atom stereocenters. The normalized spacial score (nSPS) is 21.7. The first-order chi connectivity index (χ1) is 24.5. The average Bonchev–Trinajstić information content (AvgIpc) is 3.33. The highest BCUT2D eigenvalue weighted by molar-refractivity contribution is 6.23. The Kier molecular flexibility index (Phi) is 7.93. The van der Waals surface area contributed by atoms with E-state index in [1.165, 1.54) is 12.1 Å². The molecule has 14 heteroatoms. The van der Waals surface area contributed by atoms with E-state index in [0.29, 0.717) is 28.2 Å². The minimum absolute atomic E-state index is 0.0310. The Labute approximate surface area is 294 Å². The third-order valence-electron chi connectivity index (χ3n) is 11.1. The number of nitro groups is 1. The largest absolute Gasteiger partial charge is 0.371 e. The fourth-order valence-electron chi connectivity index (χ4n) is 8.45. The maximum Gasteiger partial charge on any atom is 0.270 e. The minimum atomic E-state index is -0.972. The molecule has 0 aliphatic carbocycles. The standard InChI is InChI=1S/C37H38N8O6/c1-22-2-3-26(45(50)51)16-28(22)33(38)24-8-11-39-31(14-24)43-20-37(21-43)18-41(19-37)17-23-9-12-42(13-10-23)25-4-5-27-29(15-25)36(49)44(35(27)48)30-6-7-32(46)40-34(30)47/h2-5,8,11,14-16,23,30,38H,6-7,9-10,12-13,17-21H2,1H3,(H,40,46,47). The molecular weight excluding hydrogens is 652 g/mol. The molecular formula is C37H38N8O6. The monoisotopic (exact) mass is 690 g/mol. The maximum atomic E-state index is 13.3. The molecule has 2 N–H and O–H groups in total. The summed E-state index contributed by atoms with van der Waals surface area (Å²) in [7, 11) is 0. The zero-order chi connectivity index (χ0) is 35.6. The van der Waals surface area contributed by atoms with Gasteiger partial charge in [0.1, 0.15) is 11.9 Å². The van der Waals surface area contributed by atoms with Gasteiger partial charge < -0.3 is 14.7 Å². The first-order valence-corrected chi connectivity index (χ1v) is 17.4. The van der Waals surface area contributed by atoms with E-state index in [-0.39, 0.29) is 29.7 Å². The Morgan fingerprint density at radius 3 is 2.41 bits per heavy atom. The molecule has 5 aliphatic rings. The van der Waals surface area contributed by atoms with E-state index in [9.17, 15) is 29.3 Å². The summed E-state index contributed by atoms with van der Waals surface area (Å²) in [5.41, 5.74) is 3.99. The predicted octanol–water partition coefficient (Wildman–Crippen LogP) is 3.15. The number of pyridine rings is 1. The molecule has 14 nitrogen and oxygen atoms in total. The van der Waals surface area contributed by atoms with Crippen molar-refractivity contribution in [2.45, 2.75) is 38.6 Å². The van der Waals surface area contributed by atoms with Crippen LogP contribution in [0.2, 0.25) is 0 Å². The number of aromatic nitrogens is 1. The molecule has 1 spiro atoms. The molecule has 0 saturated carbocycles. The van der Waals surface area contributed by atoms with Crippen LogP contribution in [-0.4, -0.2) is 101 Å².